The first kappa shape index (κ1) is 14.2. The molecule has 0 bridgehead atoms. The number of hydrogen-bond acceptors (Lipinski definition) is 3. The zero-order chi connectivity index (χ0) is 15.0. The molecule has 0 aliphatic carbocycles. The number of para-hydroxylation sites is 1. The molecule has 1 aliphatic rings. The number of ether oxygens (including phenoxy) is 2. The quantitative estimate of drug-likeness (QED) is 0.868. The van der Waals surface area contributed by atoms with Gasteiger partial charge in [0.05, 0.1) is 18.7 Å². The van der Waals surface area contributed by atoms with E-state index in [0.717, 1.165) is 36.4 Å². The van der Waals surface area contributed by atoms with E-state index in [-0.39, 0.29) is 11.7 Å². The minimum absolute atomic E-state index is 0.000231. The Morgan fingerprint density at radius 2 is 2.24 bits per heavy atom. The summed E-state index contributed by atoms with van der Waals surface area (Å²) in [5.41, 5.74) is 1.80. The van der Waals surface area contributed by atoms with Crippen molar-refractivity contribution in [2.24, 2.45) is 13.0 Å². The van der Waals surface area contributed by atoms with Crippen LogP contribution in [-0.4, -0.2) is 29.0 Å². The monoisotopic (exact) mass is 290 g/mol. The van der Waals surface area contributed by atoms with Gasteiger partial charge >= 0.3 is 5.69 Å². The molecule has 0 radical (unpaired) electrons. The van der Waals surface area contributed by atoms with E-state index in [4.69, 9.17) is 9.47 Å². The van der Waals surface area contributed by atoms with Crippen LogP contribution >= 0.6 is 0 Å². The summed E-state index contributed by atoms with van der Waals surface area (Å²) < 4.78 is 14.8. The lowest BCUT2D eigenvalue weighted by Gasteiger charge is -2.12. The summed E-state index contributed by atoms with van der Waals surface area (Å²) in [6.07, 6.45) is 1.04. The lowest BCUT2D eigenvalue weighted by molar-refractivity contribution is 0.167. The van der Waals surface area contributed by atoms with Gasteiger partial charge in [-0.15, -0.1) is 0 Å². The molecule has 1 fully saturated rings. The number of rotatable bonds is 4. The van der Waals surface area contributed by atoms with Crippen molar-refractivity contribution in [2.45, 2.75) is 26.3 Å². The minimum Gasteiger partial charge on any atom is -0.491 e. The molecule has 5 heteroatoms. The van der Waals surface area contributed by atoms with Crippen molar-refractivity contribution < 1.29 is 9.47 Å². The lowest BCUT2D eigenvalue weighted by Crippen LogP contribution is -2.23. The summed E-state index contributed by atoms with van der Waals surface area (Å²) in [6, 6.07) is 5.98. The van der Waals surface area contributed by atoms with Crippen LogP contribution in [0.25, 0.3) is 11.0 Å². The summed E-state index contributed by atoms with van der Waals surface area (Å²) >= 11 is 0. The van der Waals surface area contributed by atoms with Crippen molar-refractivity contribution in [1.29, 1.82) is 0 Å². The smallest absolute Gasteiger partial charge is 0.329 e. The van der Waals surface area contributed by atoms with Gasteiger partial charge in [-0.1, -0.05) is 6.07 Å². The van der Waals surface area contributed by atoms with Gasteiger partial charge in [0.1, 0.15) is 11.3 Å². The Bertz CT molecular complexity index is 693. The minimum atomic E-state index is 0.000231. The summed E-state index contributed by atoms with van der Waals surface area (Å²) in [4.78, 5) is 12.4. The number of fused-ring (bicyclic) bond motifs is 1. The van der Waals surface area contributed by atoms with Crippen molar-refractivity contribution >= 4 is 11.0 Å². The molecule has 1 aromatic heterocycles. The number of aromatic nitrogens is 2. The fourth-order valence-electron chi connectivity index (χ4n) is 2.94. The van der Waals surface area contributed by atoms with Crippen molar-refractivity contribution in [3.8, 4) is 5.75 Å². The maximum Gasteiger partial charge on any atom is 0.329 e. The second-order valence-electron chi connectivity index (χ2n) is 5.97. The number of imidazole rings is 1. The maximum atomic E-state index is 12.4. The maximum absolute atomic E-state index is 12.4. The Kier molecular flexibility index (Phi) is 3.76. The van der Waals surface area contributed by atoms with Crippen LogP contribution in [0.15, 0.2) is 23.0 Å². The molecule has 2 heterocycles. The number of aryl methyl sites for hydroxylation is 1. The van der Waals surface area contributed by atoms with Gasteiger partial charge in [0.25, 0.3) is 0 Å². The van der Waals surface area contributed by atoms with Crippen molar-refractivity contribution in [3.05, 3.63) is 28.7 Å². The average Bonchev–Trinajstić information content (AvgIpc) is 3.05. The van der Waals surface area contributed by atoms with Crippen molar-refractivity contribution in [2.75, 3.05) is 19.8 Å². The first-order valence-corrected chi connectivity index (χ1v) is 7.50. The zero-order valence-corrected chi connectivity index (χ0v) is 12.8. The zero-order valence-electron chi connectivity index (χ0n) is 12.8. The van der Waals surface area contributed by atoms with Crippen molar-refractivity contribution in [1.82, 2.24) is 9.13 Å². The molecular weight excluding hydrogens is 268 g/mol. The van der Waals surface area contributed by atoms with Crippen LogP contribution in [0.5, 0.6) is 5.75 Å². The molecule has 2 aromatic rings. The molecule has 0 spiro atoms. The summed E-state index contributed by atoms with van der Waals surface area (Å²) in [5.74, 6) is 1.22. The topological polar surface area (TPSA) is 45.4 Å². The normalized spacial score (nSPS) is 18.8. The summed E-state index contributed by atoms with van der Waals surface area (Å²) in [6.45, 7) is 6.26. The molecule has 21 heavy (non-hydrogen) atoms. The highest BCUT2D eigenvalue weighted by molar-refractivity contribution is 5.82. The Balaban J connectivity index is 1.99. The highest BCUT2D eigenvalue weighted by atomic mass is 16.5. The van der Waals surface area contributed by atoms with Gasteiger partial charge in [-0.05, 0) is 32.4 Å². The SMILES string of the molecule is CC(C)n1c(=O)n(C)c2c(OCC3CCOC3)cccc21. The van der Waals surface area contributed by atoms with Gasteiger partial charge in [0.15, 0.2) is 0 Å². The molecule has 5 nitrogen and oxygen atoms in total. The lowest BCUT2D eigenvalue weighted by atomic mass is 10.1. The van der Waals surface area contributed by atoms with Crippen LogP contribution in [0.2, 0.25) is 0 Å². The highest BCUT2D eigenvalue weighted by Gasteiger charge is 2.19. The highest BCUT2D eigenvalue weighted by Crippen LogP contribution is 2.27. The van der Waals surface area contributed by atoms with Crippen LogP contribution in [0.1, 0.15) is 26.3 Å². The molecule has 1 aromatic carbocycles. The molecule has 114 valence electrons. The molecule has 3 rings (SSSR count). The number of hydrogen-bond donors (Lipinski definition) is 0. The van der Waals surface area contributed by atoms with E-state index in [1.807, 2.05) is 32.0 Å². The predicted octanol–water partition coefficient (Wildman–Crippen LogP) is 2.34. The van der Waals surface area contributed by atoms with E-state index in [2.05, 4.69) is 0 Å². The number of nitrogens with zero attached hydrogens (tertiary/aromatic N) is 2. The van der Waals surface area contributed by atoms with Gasteiger partial charge in [0, 0.05) is 25.6 Å². The van der Waals surface area contributed by atoms with Gasteiger partial charge in [-0.3, -0.25) is 9.13 Å². The number of benzene rings is 1. The Morgan fingerprint density at radius 1 is 1.43 bits per heavy atom. The molecule has 0 N–H and O–H groups in total. The van der Waals surface area contributed by atoms with Crippen LogP contribution < -0.4 is 10.4 Å². The van der Waals surface area contributed by atoms with E-state index in [0.29, 0.717) is 12.5 Å². The molecular formula is C16H22N2O3. The molecule has 1 aliphatic heterocycles. The fourth-order valence-corrected chi connectivity index (χ4v) is 2.94. The van der Waals surface area contributed by atoms with Gasteiger partial charge in [0.2, 0.25) is 0 Å². The Hall–Kier alpha value is -1.75. The van der Waals surface area contributed by atoms with E-state index in [9.17, 15) is 4.79 Å². The van der Waals surface area contributed by atoms with Crippen LogP contribution in [-0.2, 0) is 11.8 Å². The van der Waals surface area contributed by atoms with Gasteiger partial charge in [-0.25, -0.2) is 4.79 Å². The molecule has 1 unspecified atom stereocenters. The molecule has 0 saturated carbocycles. The Labute approximate surface area is 124 Å². The van der Waals surface area contributed by atoms with Crippen LogP contribution in [0.4, 0.5) is 0 Å². The van der Waals surface area contributed by atoms with E-state index < -0.39 is 0 Å². The second-order valence-corrected chi connectivity index (χ2v) is 5.97. The van der Waals surface area contributed by atoms with E-state index >= 15 is 0 Å². The third kappa shape index (κ3) is 2.46. The van der Waals surface area contributed by atoms with E-state index in [1.165, 1.54) is 0 Å². The third-order valence-electron chi connectivity index (χ3n) is 4.08. The van der Waals surface area contributed by atoms with Crippen molar-refractivity contribution in [3.63, 3.8) is 0 Å². The standard InChI is InChI=1S/C16H22N2O3/c1-11(2)18-13-5-4-6-14(15(13)17(3)16(18)19)21-10-12-7-8-20-9-12/h4-6,11-12H,7-10H2,1-3H3. The third-order valence-corrected chi connectivity index (χ3v) is 4.08. The summed E-state index contributed by atoms with van der Waals surface area (Å²) in [5, 5.41) is 0. The molecule has 0 amide bonds. The van der Waals surface area contributed by atoms with Crippen LogP contribution in [0, 0.1) is 5.92 Å². The molecule has 1 atom stereocenters. The molecule has 1 saturated heterocycles. The van der Waals surface area contributed by atoms with E-state index in [1.54, 1.807) is 16.2 Å². The van der Waals surface area contributed by atoms with Crippen LogP contribution in [0.3, 0.4) is 0 Å². The van der Waals surface area contributed by atoms with Gasteiger partial charge < -0.3 is 9.47 Å². The average molecular weight is 290 g/mol. The second kappa shape index (κ2) is 5.56. The first-order chi connectivity index (χ1) is 10.1. The largest absolute Gasteiger partial charge is 0.491 e. The first-order valence-electron chi connectivity index (χ1n) is 7.50. The fraction of sp³-hybridized carbons (Fsp3) is 0.562. The van der Waals surface area contributed by atoms with Gasteiger partial charge in [-0.2, -0.15) is 0 Å². The predicted molar refractivity (Wildman–Crippen MR) is 82.0 cm³/mol. The Morgan fingerprint density at radius 3 is 2.90 bits per heavy atom. The summed E-state index contributed by atoms with van der Waals surface area (Å²) in [7, 11) is 1.80.